The van der Waals surface area contributed by atoms with Gasteiger partial charge in [0, 0.05) is 5.92 Å². The van der Waals surface area contributed by atoms with Crippen molar-refractivity contribution >= 4 is 6.29 Å². The topological polar surface area (TPSA) is 17.1 Å². The molecular weight excluding hydrogens is 136 g/mol. The van der Waals surface area contributed by atoms with E-state index >= 15 is 0 Å². The van der Waals surface area contributed by atoms with Gasteiger partial charge in [-0.25, -0.2) is 0 Å². The van der Waals surface area contributed by atoms with Crippen LogP contribution in [-0.4, -0.2) is 6.29 Å². The second-order valence-corrected chi connectivity index (χ2v) is 3.27. The first-order chi connectivity index (χ1) is 5.38. The van der Waals surface area contributed by atoms with E-state index in [1.165, 1.54) is 19.3 Å². The number of carbonyl (C=O) groups excluding carboxylic acids is 1. The molecule has 1 aliphatic rings. The van der Waals surface area contributed by atoms with E-state index in [2.05, 4.69) is 19.1 Å². The lowest BCUT2D eigenvalue weighted by molar-refractivity contribution is -0.109. The normalized spacial score (nSPS) is 29.2. The van der Waals surface area contributed by atoms with Gasteiger partial charge in [-0.1, -0.05) is 31.9 Å². The fourth-order valence-corrected chi connectivity index (χ4v) is 1.21. The number of rotatable bonds is 5. The Bertz CT molecular complexity index is 149. The van der Waals surface area contributed by atoms with E-state index < -0.39 is 0 Å². The fraction of sp³-hybridized carbons (Fsp3) is 0.700. The molecule has 62 valence electrons. The highest BCUT2D eigenvalue weighted by atomic mass is 16.1. The maximum Gasteiger partial charge on any atom is 0.123 e. The van der Waals surface area contributed by atoms with Crippen molar-refractivity contribution in [1.29, 1.82) is 0 Å². The highest BCUT2D eigenvalue weighted by molar-refractivity contribution is 5.59. The fourth-order valence-electron chi connectivity index (χ4n) is 1.21. The number of allylic oxidation sites excluding steroid dienone is 2. The van der Waals surface area contributed by atoms with Crippen LogP contribution in [0.1, 0.15) is 32.6 Å². The van der Waals surface area contributed by atoms with Crippen molar-refractivity contribution in [1.82, 2.24) is 0 Å². The molecule has 1 fully saturated rings. The molecule has 0 amide bonds. The minimum atomic E-state index is 0.355. The first-order valence-electron chi connectivity index (χ1n) is 4.50. The standard InChI is InChI=1S/C10H16O/c1-2-3-4-5-6-9-7-10(9)8-11/h5-6,8-10H,2-4,7H2,1H3/b6-5-/t9-,10+/m0/s1. The lowest BCUT2D eigenvalue weighted by Gasteiger charge is -1.87. The van der Waals surface area contributed by atoms with Crippen molar-refractivity contribution in [3.8, 4) is 0 Å². The summed E-state index contributed by atoms with van der Waals surface area (Å²) in [6.45, 7) is 2.19. The number of hydrogen-bond acceptors (Lipinski definition) is 1. The summed E-state index contributed by atoms with van der Waals surface area (Å²) in [5.74, 6) is 0.942. The van der Waals surface area contributed by atoms with E-state index in [9.17, 15) is 4.79 Å². The van der Waals surface area contributed by atoms with Crippen molar-refractivity contribution in [3.63, 3.8) is 0 Å². The van der Waals surface area contributed by atoms with Crippen LogP contribution < -0.4 is 0 Å². The Kier molecular flexibility index (Phi) is 3.34. The van der Waals surface area contributed by atoms with E-state index in [1.54, 1.807) is 0 Å². The zero-order valence-corrected chi connectivity index (χ0v) is 7.12. The average molecular weight is 152 g/mol. The van der Waals surface area contributed by atoms with E-state index in [1.807, 2.05) is 0 Å². The number of carbonyl (C=O) groups is 1. The number of aldehydes is 1. The average Bonchev–Trinajstić information content (AvgIpc) is 2.77. The highest BCUT2D eigenvalue weighted by Gasteiger charge is 2.33. The molecule has 0 aromatic heterocycles. The van der Waals surface area contributed by atoms with Gasteiger partial charge in [-0.15, -0.1) is 0 Å². The van der Waals surface area contributed by atoms with Crippen LogP contribution in [0.15, 0.2) is 12.2 Å². The molecule has 0 aliphatic heterocycles. The van der Waals surface area contributed by atoms with E-state index in [4.69, 9.17) is 0 Å². The maximum absolute atomic E-state index is 10.2. The highest BCUT2D eigenvalue weighted by Crippen LogP contribution is 2.37. The van der Waals surface area contributed by atoms with Crippen LogP contribution in [0.25, 0.3) is 0 Å². The predicted molar refractivity (Wildman–Crippen MR) is 46.3 cm³/mol. The zero-order valence-electron chi connectivity index (χ0n) is 7.12. The molecule has 1 saturated carbocycles. The molecule has 0 radical (unpaired) electrons. The predicted octanol–water partition coefficient (Wildman–Crippen LogP) is 2.57. The van der Waals surface area contributed by atoms with Gasteiger partial charge in [-0.3, -0.25) is 0 Å². The van der Waals surface area contributed by atoms with Gasteiger partial charge >= 0.3 is 0 Å². The Labute approximate surface area is 68.5 Å². The Morgan fingerprint density at radius 1 is 1.45 bits per heavy atom. The minimum absolute atomic E-state index is 0.355. The maximum atomic E-state index is 10.2. The SMILES string of the molecule is CCCC/C=C\[C@H]1C[C@@H]1C=O. The van der Waals surface area contributed by atoms with Gasteiger partial charge in [0.15, 0.2) is 0 Å². The smallest absolute Gasteiger partial charge is 0.123 e. The van der Waals surface area contributed by atoms with Crippen LogP contribution in [0.2, 0.25) is 0 Å². The van der Waals surface area contributed by atoms with Crippen molar-refractivity contribution in [2.45, 2.75) is 32.6 Å². The zero-order chi connectivity index (χ0) is 8.10. The van der Waals surface area contributed by atoms with Crippen molar-refractivity contribution in [3.05, 3.63) is 12.2 Å². The van der Waals surface area contributed by atoms with E-state index in [0.717, 1.165) is 12.7 Å². The summed E-state index contributed by atoms with van der Waals surface area (Å²) in [5, 5.41) is 0. The van der Waals surface area contributed by atoms with Crippen LogP contribution in [0.4, 0.5) is 0 Å². The van der Waals surface area contributed by atoms with Gasteiger partial charge in [0.2, 0.25) is 0 Å². The third-order valence-corrected chi connectivity index (χ3v) is 2.17. The minimum Gasteiger partial charge on any atom is -0.303 e. The largest absolute Gasteiger partial charge is 0.303 e. The number of hydrogen-bond donors (Lipinski definition) is 0. The second kappa shape index (κ2) is 4.32. The van der Waals surface area contributed by atoms with Crippen molar-refractivity contribution in [2.24, 2.45) is 11.8 Å². The van der Waals surface area contributed by atoms with Crippen LogP contribution in [0.5, 0.6) is 0 Å². The summed E-state index contributed by atoms with van der Waals surface area (Å²) < 4.78 is 0. The summed E-state index contributed by atoms with van der Waals surface area (Å²) in [7, 11) is 0. The molecule has 0 saturated heterocycles. The van der Waals surface area contributed by atoms with Crippen molar-refractivity contribution in [2.75, 3.05) is 0 Å². The third kappa shape index (κ3) is 2.87. The molecule has 0 aromatic rings. The summed E-state index contributed by atoms with van der Waals surface area (Å²) in [5.41, 5.74) is 0. The van der Waals surface area contributed by atoms with Crippen LogP contribution in [0.3, 0.4) is 0 Å². The van der Waals surface area contributed by atoms with Gasteiger partial charge in [-0.2, -0.15) is 0 Å². The summed E-state index contributed by atoms with van der Waals surface area (Å²) in [4.78, 5) is 10.2. The molecule has 1 aliphatic carbocycles. The first kappa shape index (κ1) is 8.51. The van der Waals surface area contributed by atoms with Crippen molar-refractivity contribution < 1.29 is 4.79 Å². The van der Waals surface area contributed by atoms with Gasteiger partial charge < -0.3 is 4.79 Å². The Morgan fingerprint density at radius 2 is 2.27 bits per heavy atom. The van der Waals surface area contributed by atoms with Gasteiger partial charge in [0.25, 0.3) is 0 Å². The molecule has 0 heterocycles. The quantitative estimate of drug-likeness (QED) is 0.336. The van der Waals surface area contributed by atoms with Crippen LogP contribution >= 0.6 is 0 Å². The second-order valence-electron chi connectivity index (χ2n) is 3.27. The van der Waals surface area contributed by atoms with E-state index in [-0.39, 0.29) is 0 Å². The van der Waals surface area contributed by atoms with Gasteiger partial charge in [0.1, 0.15) is 6.29 Å². The lowest BCUT2D eigenvalue weighted by atomic mass is 10.2. The molecule has 0 spiro atoms. The molecule has 0 N–H and O–H groups in total. The molecule has 1 nitrogen and oxygen atoms in total. The molecule has 1 heteroatoms. The van der Waals surface area contributed by atoms with Gasteiger partial charge in [0.05, 0.1) is 0 Å². The van der Waals surface area contributed by atoms with Crippen LogP contribution in [-0.2, 0) is 4.79 Å². The summed E-state index contributed by atoms with van der Waals surface area (Å²) in [6, 6.07) is 0. The first-order valence-corrected chi connectivity index (χ1v) is 4.50. The molecular formula is C10H16O. The Balaban J connectivity index is 2.03. The number of unbranched alkanes of at least 4 members (excludes halogenated alkanes) is 2. The molecule has 0 unspecified atom stereocenters. The third-order valence-electron chi connectivity index (χ3n) is 2.17. The molecule has 11 heavy (non-hydrogen) atoms. The monoisotopic (exact) mass is 152 g/mol. The van der Waals surface area contributed by atoms with Crippen LogP contribution in [0, 0.1) is 11.8 Å². The Morgan fingerprint density at radius 3 is 2.82 bits per heavy atom. The molecule has 2 atom stereocenters. The molecule has 0 aromatic carbocycles. The van der Waals surface area contributed by atoms with E-state index in [0.29, 0.717) is 11.8 Å². The van der Waals surface area contributed by atoms with Gasteiger partial charge in [-0.05, 0) is 18.8 Å². The molecule has 0 bridgehead atoms. The summed E-state index contributed by atoms with van der Waals surface area (Å²) in [6.07, 6.45) is 10.3. The lowest BCUT2D eigenvalue weighted by Crippen LogP contribution is -1.77. The summed E-state index contributed by atoms with van der Waals surface area (Å²) >= 11 is 0. The Hall–Kier alpha value is -0.590. The molecule has 1 rings (SSSR count).